The Morgan fingerprint density at radius 1 is 0.642 bits per heavy atom. The SMILES string of the molecule is C[C@H]1O[C@@H](OC[C@H]2O[C@H](OC3=Cc4c(O)cc(O)cc4OC3c3ccc(O)c(O)c3)[C@H](O[C@@H]3O[C@H](CO)[C@@H](O)[C@H](O)[C@H]3O)[C@H](O)[C@@H]2O)[C@H](O)[C@@H](O)[C@H]1O. The second-order valence-corrected chi connectivity index (χ2v) is 13.1. The molecule has 0 spiro atoms. The van der Waals surface area contributed by atoms with E-state index in [-0.39, 0.29) is 28.4 Å². The third-order valence-electron chi connectivity index (χ3n) is 9.47. The second-order valence-electron chi connectivity index (χ2n) is 13.1. The summed E-state index contributed by atoms with van der Waals surface area (Å²) >= 11 is 0. The Balaban J connectivity index is 1.34. The average Bonchev–Trinajstić information content (AvgIpc) is 3.12. The maximum Gasteiger partial charge on any atom is 0.229 e. The Bertz CT molecular complexity index is 1620. The van der Waals surface area contributed by atoms with Crippen LogP contribution in [-0.4, -0.2) is 172 Å². The minimum absolute atomic E-state index is 0.00183. The molecule has 3 saturated heterocycles. The van der Waals surface area contributed by atoms with Crippen LogP contribution in [0.5, 0.6) is 28.7 Å². The molecule has 0 aliphatic carbocycles. The van der Waals surface area contributed by atoms with Crippen LogP contribution in [0.15, 0.2) is 36.1 Å². The molecule has 294 valence electrons. The molecule has 20 nitrogen and oxygen atoms in total. The summed E-state index contributed by atoms with van der Waals surface area (Å²) in [5.41, 5.74) is 0.152. The number of phenolic OH excluding ortho intramolecular Hbond substituents is 4. The van der Waals surface area contributed by atoms with Crippen molar-refractivity contribution >= 4 is 6.08 Å². The lowest BCUT2D eigenvalue weighted by molar-refractivity contribution is -0.368. The van der Waals surface area contributed by atoms with Gasteiger partial charge in [-0.2, -0.15) is 0 Å². The van der Waals surface area contributed by atoms with Crippen molar-refractivity contribution < 1.29 is 99.5 Å². The van der Waals surface area contributed by atoms with Crippen molar-refractivity contribution in [3.63, 3.8) is 0 Å². The van der Waals surface area contributed by atoms with E-state index >= 15 is 0 Å². The fourth-order valence-corrected chi connectivity index (χ4v) is 6.37. The van der Waals surface area contributed by atoms with Crippen LogP contribution in [0.3, 0.4) is 0 Å². The van der Waals surface area contributed by atoms with Crippen LogP contribution in [0.2, 0.25) is 0 Å². The molecule has 1 unspecified atom stereocenters. The van der Waals surface area contributed by atoms with Gasteiger partial charge in [-0.3, -0.25) is 0 Å². The van der Waals surface area contributed by atoms with Crippen molar-refractivity contribution in [1.82, 2.24) is 0 Å². The number of aromatic hydroxyl groups is 4. The highest BCUT2D eigenvalue weighted by molar-refractivity contribution is 5.69. The van der Waals surface area contributed by atoms with Crippen LogP contribution in [0.25, 0.3) is 6.08 Å². The third kappa shape index (κ3) is 7.70. The Morgan fingerprint density at radius 3 is 2.00 bits per heavy atom. The van der Waals surface area contributed by atoms with E-state index in [0.29, 0.717) is 0 Å². The molecule has 20 heteroatoms. The van der Waals surface area contributed by atoms with E-state index in [0.717, 1.165) is 18.2 Å². The third-order valence-corrected chi connectivity index (χ3v) is 9.47. The molecular formula is C33H42O20. The molecule has 4 aliphatic rings. The van der Waals surface area contributed by atoms with Crippen molar-refractivity contribution in [2.24, 2.45) is 0 Å². The normalized spacial score (nSPS) is 40.2. The van der Waals surface area contributed by atoms with Crippen molar-refractivity contribution in [1.29, 1.82) is 0 Å². The molecule has 53 heavy (non-hydrogen) atoms. The quantitative estimate of drug-likeness (QED) is 0.110. The van der Waals surface area contributed by atoms with Crippen LogP contribution in [0, 0.1) is 0 Å². The first-order valence-electron chi connectivity index (χ1n) is 16.5. The maximum atomic E-state index is 11.4. The van der Waals surface area contributed by atoms with Gasteiger partial charge in [0, 0.05) is 17.7 Å². The topological polar surface area (TPSA) is 328 Å². The van der Waals surface area contributed by atoms with Crippen LogP contribution >= 0.6 is 0 Å². The first-order chi connectivity index (χ1) is 25.1. The lowest BCUT2D eigenvalue weighted by Gasteiger charge is -2.47. The summed E-state index contributed by atoms with van der Waals surface area (Å²) in [5.74, 6) is -2.10. The first kappa shape index (κ1) is 39.1. The lowest BCUT2D eigenvalue weighted by atomic mass is 9.96. The number of benzene rings is 2. The standard InChI is InChI=1S/C33H42O20/c1-10-21(39)24(42)27(45)31(48-10)47-9-20-23(41)26(44)30(53-32-28(46)25(43)22(40)19(8-34)51-32)33(52-20)50-18-7-13-15(37)5-12(35)6-17(13)49-29(18)11-2-3-14(36)16(38)4-11/h2-7,10,19-46H,8-9H2,1H3/t10-,19-,20-,21+,22-,23-,24+,25+,26-,27-,28-,29?,30-,31-,32+,33+/m1/s1. The fourth-order valence-electron chi connectivity index (χ4n) is 6.37. The highest BCUT2D eigenvalue weighted by Crippen LogP contribution is 2.46. The summed E-state index contributed by atoms with van der Waals surface area (Å²) in [5, 5.41) is 135. The smallest absolute Gasteiger partial charge is 0.229 e. The van der Waals surface area contributed by atoms with E-state index in [1.54, 1.807) is 0 Å². The average molecular weight is 759 g/mol. The zero-order valence-corrected chi connectivity index (χ0v) is 27.8. The molecule has 2 aromatic carbocycles. The second kappa shape index (κ2) is 15.6. The van der Waals surface area contributed by atoms with E-state index in [1.807, 2.05) is 0 Å². The molecule has 0 bridgehead atoms. The number of ether oxygens (including phenoxy) is 7. The van der Waals surface area contributed by atoms with Crippen LogP contribution < -0.4 is 4.74 Å². The molecule has 4 heterocycles. The minimum atomic E-state index is -1.99. The fraction of sp³-hybridized carbons (Fsp3) is 0.576. The summed E-state index contributed by atoms with van der Waals surface area (Å²) in [6.07, 6.45) is -25.4. The Morgan fingerprint density at radius 2 is 1.30 bits per heavy atom. The number of phenols is 4. The van der Waals surface area contributed by atoms with Gasteiger partial charge in [-0.1, -0.05) is 6.07 Å². The van der Waals surface area contributed by atoms with Gasteiger partial charge >= 0.3 is 0 Å². The molecule has 0 saturated carbocycles. The van der Waals surface area contributed by atoms with E-state index in [9.17, 15) is 66.4 Å². The molecule has 16 atom stereocenters. The van der Waals surface area contributed by atoms with Crippen LogP contribution in [-0.2, 0) is 28.4 Å². The maximum absolute atomic E-state index is 11.4. The van der Waals surface area contributed by atoms with E-state index in [4.69, 9.17) is 33.2 Å². The summed E-state index contributed by atoms with van der Waals surface area (Å²) in [4.78, 5) is 0. The first-order valence-corrected chi connectivity index (χ1v) is 16.5. The van der Waals surface area contributed by atoms with Crippen molar-refractivity contribution in [2.75, 3.05) is 13.2 Å². The zero-order valence-electron chi connectivity index (χ0n) is 27.8. The summed E-state index contributed by atoms with van der Waals surface area (Å²) < 4.78 is 40.5. The highest BCUT2D eigenvalue weighted by atomic mass is 16.8. The molecule has 0 aromatic heterocycles. The molecule has 0 radical (unpaired) electrons. The van der Waals surface area contributed by atoms with Gasteiger partial charge < -0.3 is 99.5 Å². The lowest BCUT2D eigenvalue weighted by Crippen LogP contribution is -2.65. The van der Waals surface area contributed by atoms with Crippen molar-refractivity contribution in [3.05, 3.63) is 47.2 Å². The van der Waals surface area contributed by atoms with Crippen LogP contribution in [0.4, 0.5) is 0 Å². The number of aliphatic hydroxyl groups is 9. The predicted molar refractivity (Wildman–Crippen MR) is 170 cm³/mol. The molecular weight excluding hydrogens is 716 g/mol. The Kier molecular flexibility index (Phi) is 11.5. The summed E-state index contributed by atoms with van der Waals surface area (Å²) in [7, 11) is 0. The van der Waals surface area contributed by atoms with E-state index < -0.39 is 129 Å². The number of hydrogen-bond acceptors (Lipinski definition) is 20. The molecule has 0 amide bonds. The van der Waals surface area contributed by atoms with Crippen molar-refractivity contribution in [3.8, 4) is 28.7 Å². The Hall–Kier alpha value is -3.58. The minimum Gasteiger partial charge on any atom is -0.508 e. The number of rotatable bonds is 9. The van der Waals surface area contributed by atoms with E-state index in [1.165, 1.54) is 25.1 Å². The predicted octanol–water partition coefficient (Wildman–Crippen LogP) is -3.52. The zero-order chi connectivity index (χ0) is 38.5. The number of fused-ring (bicyclic) bond motifs is 1. The van der Waals surface area contributed by atoms with Gasteiger partial charge in [0.05, 0.1) is 24.9 Å². The monoisotopic (exact) mass is 758 g/mol. The van der Waals surface area contributed by atoms with Gasteiger partial charge in [-0.05, 0) is 25.1 Å². The van der Waals surface area contributed by atoms with E-state index in [2.05, 4.69) is 0 Å². The van der Waals surface area contributed by atoms with Gasteiger partial charge in [0.25, 0.3) is 0 Å². The Labute approximate surface area is 300 Å². The van der Waals surface area contributed by atoms with Gasteiger partial charge in [0.15, 0.2) is 36.3 Å². The highest BCUT2D eigenvalue weighted by Gasteiger charge is 2.53. The summed E-state index contributed by atoms with van der Waals surface area (Å²) in [6.45, 7) is -0.0478. The van der Waals surface area contributed by atoms with Gasteiger partial charge in [-0.15, -0.1) is 0 Å². The van der Waals surface area contributed by atoms with Gasteiger partial charge in [0.1, 0.15) is 84.0 Å². The molecule has 4 aliphatic heterocycles. The molecule has 2 aromatic rings. The number of hydrogen-bond donors (Lipinski definition) is 13. The van der Waals surface area contributed by atoms with Crippen molar-refractivity contribution in [2.45, 2.75) is 105 Å². The summed E-state index contributed by atoms with van der Waals surface area (Å²) in [6, 6.07) is 5.83. The largest absolute Gasteiger partial charge is 0.508 e. The van der Waals surface area contributed by atoms with Gasteiger partial charge in [-0.25, -0.2) is 0 Å². The molecule has 3 fully saturated rings. The molecule has 6 rings (SSSR count). The van der Waals surface area contributed by atoms with Gasteiger partial charge in [0.2, 0.25) is 6.29 Å². The molecule has 13 N–H and O–H groups in total. The van der Waals surface area contributed by atoms with Crippen LogP contribution in [0.1, 0.15) is 24.2 Å². The number of aliphatic hydroxyl groups excluding tert-OH is 9.